The number of alkyl halides is 4. The first-order chi connectivity index (χ1) is 16.2. The molecule has 0 saturated carbocycles. The van der Waals surface area contributed by atoms with E-state index in [9.17, 15) is 4.21 Å². The fraction of sp³-hybridized carbons (Fsp3) is 0.231. The summed E-state index contributed by atoms with van der Waals surface area (Å²) in [5.74, 6) is 0. The molecule has 178 valence electrons. The minimum Gasteiger partial charge on any atom is -0.257 e. The zero-order valence-corrected chi connectivity index (χ0v) is 23.4. The monoisotopic (exact) mass is 586 g/mol. The molecule has 0 aromatic heterocycles. The Labute approximate surface area is 232 Å². The Morgan fingerprint density at radius 1 is 0.676 bits per heavy atom. The quantitative estimate of drug-likeness (QED) is 0.286. The summed E-state index contributed by atoms with van der Waals surface area (Å²) < 4.78 is 11.9. The average Bonchev–Trinajstić information content (AvgIpc) is 2.83. The highest BCUT2D eigenvalue weighted by atomic mass is 35.5. The number of benzene rings is 2. The average molecular weight is 588 g/mol. The van der Waals surface area contributed by atoms with Crippen LogP contribution >= 0.6 is 69.9 Å². The van der Waals surface area contributed by atoms with E-state index in [-0.39, 0.29) is 9.16 Å². The van der Waals surface area contributed by atoms with Crippen LogP contribution in [0.3, 0.4) is 0 Å². The van der Waals surface area contributed by atoms with Crippen LogP contribution in [-0.2, 0) is 10.8 Å². The van der Waals surface area contributed by atoms with Gasteiger partial charge in [0.05, 0.1) is 10.8 Å². The van der Waals surface area contributed by atoms with Gasteiger partial charge in [-0.05, 0) is 35.4 Å². The third kappa shape index (κ3) is 7.22. The van der Waals surface area contributed by atoms with E-state index in [1.54, 1.807) is 35.7 Å². The molecule has 0 fully saturated rings. The first-order valence-electron chi connectivity index (χ1n) is 10.6. The van der Waals surface area contributed by atoms with E-state index in [0.717, 1.165) is 20.9 Å². The molecule has 1 nitrogen and oxygen atoms in total. The first-order valence-corrected chi connectivity index (χ1v) is 15.1. The molecular weight excluding hydrogens is 566 g/mol. The van der Waals surface area contributed by atoms with Crippen LogP contribution in [0.25, 0.3) is 0 Å². The molecule has 8 heteroatoms. The highest BCUT2D eigenvalue weighted by Crippen LogP contribution is 2.50. The molecule has 2 atom stereocenters. The van der Waals surface area contributed by atoms with Gasteiger partial charge in [0.15, 0.2) is 0 Å². The number of allylic oxidation sites excluding steroid dienone is 6. The van der Waals surface area contributed by atoms with Crippen LogP contribution in [0.5, 0.6) is 0 Å². The van der Waals surface area contributed by atoms with Crippen LogP contribution in [0.15, 0.2) is 107 Å². The van der Waals surface area contributed by atoms with Crippen molar-refractivity contribution in [2.24, 2.45) is 0 Å². The summed E-state index contributed by atoms with van der Waals surface area (Å²) in [5, 5.41) is 0. The lowest BCUT2D eigenvalue weighted by Gasteiger charge is -2.26. The van der Waals surface area contributed by atoms with Crippen molar-refractivity contribution in [1.29, 1.82) is 0 Å². The fourth-order valence-corrected chi connectivity index (χ4v) is 9.08. The van der Waals surface area contributed by atoms with E-state index in [4.69, 9.17) is 46.4 Å². The molecule has 0 N–H and O–H groups in total. The number of halogens is 4. The van der Waals surface area contributed by atoms with Crippen molar-refractivity contribution in [2.45, 2.75) is 30.7 Å². The van der Waals surface area contributed by atoms with Gasteiger partial charge >= 0.3 is 0 Å². The molecule has 0 radical (unpaired) electrons. The van der Waals surface area contributed by atoms with Gasteiger partial charge in [0, 0.05) is 22.7 Å². The molecule has 0 aliphatic heterocycles. The van der Waals surface area contributed by atoms with Crippen molar-refractivity contribution in [3.05, 3.63) is 118 Å². The van der Waals surface area contributed by atoms with E-state index < -0.39 is 19.5 Å². The molecule has 2 aromatic rings. The lowest BCUT2D eigenvalue weighted by molar-refractivity contribution is 0.681. The van der Waals surface area contributed by atoms with Crippen molar-refractivity contribution in [2.75, 3.05) is 0 Å². The number of hydrogen-bond donors (Lipinski definition) is 0. The number of rotatable bonds is 8. The minimum atomic E-state index is -1.29. The molecule has 34 heavy (non-hydrogen) atoms. The number of thioether (sulfide) groups is 2. The molecular formula is C26H22Cl4OS3. The topological polar surface area (TPSA) is 17.1 Å². The van der Waals surface area contributed by atoms with Gasteiger partial charge in [-0.15, -0.1) is 23.5 Å². The van der Waals surface area contributed by atoms with Crippen molar-refractivity contribution < 1.29 is 4.21 Å². The molecule has 4 rings (SSSR count). The summed E-state index contributed by atoms with van der Waals surface area (Å²) in [6, 6.07) is 19.9. The Morgan fingerprint density at radius 2 is 1.06 bits per heavy atom. The second-order valence-electron chi connectivity index (χ2n) is 7.86. The molecule has 0 spiro atoms. The normalized spacial score (nSPS) is 21.3. The third-order valence-corrected chi connectivity index (χ3v) is 11.5. The Kier molecular flexibility index (Phi) is 9.06. The Morgan fingerprint density at radius 3 is 1.38 bits per heavy atom. The van der Waals surface area contributed by atoms with E-state index in [0.29, 0.717) is 12.8 Å². The van der Waals surface area contributed by atoms with E-state index in [1.165, 1.54) is 0 Å². The standard InChI is InChI=1S/C26H22Cl4OS3/c27-25(28)15-11-21(12-16-25)32-23(19-7-3-1-4-8-19)34(31)24(20-9-5-2-6-10-20)33-22-13-17-26(29,30)18-14-22/h1-15,17,23-24H,16,18H2. The molecule has 0 heterocycles. The molecule has 0 bridgehead atoms. The van der Waals surface area contributed by atoms with Crippen LogP contribution in [0.4, 0.5) is 0 Å². The van der Waals surface area contributed by atoms with Crippen molar-refractivity contribution >= 4 is 80.7 Å². The lowest BCUT2D eigenvalue weighted by Crippen LogP contribution is -2.14. The zero-order valence-electron chi connectivity index (χ0n) is 18.0. The maximum Gasteiger partial charge on any atom is 0.140 e. The number of hydrogen-bond acceptors (Lipinski definition) is 3. The Hall–Kier alpha value is -0.590. The van der Waals surface area contributed by atoms with Crippen molar-refractivity contribution in [3.63, 3.8) is 0 Å². The Bertz CT molecular complexity index is 1050. The zero-order chi connectivity index (χ0) is 24.2. The van der Waals surface area contributed by atoms with Gasteiger partial charge in [-0.25, -0.2) is 0 Å². The molecule has 2 aliphatic rings. The largest absolute Gasteiger partial charge is 0.257 e. The van der Waals surface area contributed by atoms with Crippen molar-refractivity contribution in [3.8, 4) is 0 Å². The van der Waals surface area contributed by atoms with Gasteiger partial charge in [0.2, 0.25) is 0 Å². The van der Waals surface area contributed by atoms with Crippen LogP contribution in [0.2, 0.25) is 0 Å². The summed E-state index contributed by atoms with van der Waals surface area (Å²) in [6.07, 6.45) is 12.4. The van der Waals surface area contributed by atoms with Gasteiger partial charge in [0.1, 0.15) is 17.8 Å². The van der Waals surface area contributed by atoms with E-state index in [2.05, 4.69) is 0 Å². The molecule has 2 aliphatic carbocycles. The summed E-state index contributed by atoms with van der Waals surface area (Å²) in [6.45, 7) is 0. The van der Waals surface area contributed by atoms with Crippen LogP contribution < -0.4 is 0 Å². The molecule has 0 amide bonds. The summed E-state index contributed by atoms with van der Waals surface area (Å²) >= 11 is 28.1. The van der Waals surface area contributed by atoms with E-state index in [1.807, 2.05) is 85.0 Å². The second kappa shape index (κ2) is 11.6. The van der Waals surface area contributed by atoms with Crippen LogP contribution in [0, 0.1) is 0 Å². The predicted octanol–water partition coefficient (Wildman–Crippen LogP) is 9.63. The van der Waals surface area contributed by atoms with Crippen LogP contribution in [-0.4, -0.2) is 12.9 Å². The predicted molar refractivity (Wildman–Crippen MR) is 154 cm³/mol. The lowest BCUT2D eigenvalue weighted by atomic mass is 10.2. The second-order valence-corrected chi connectivity index (χ2v) is 15.5. The van der Waals surface area contributed by atoms with Gasteiger partial charge in [-0.2, -0.15) is 0 Å². The maximum atomic E-state index is 14.3. The van der Waals surface area contributed by atoms with Gasteiger partial charge in [-0.1, -0.05) is 119 Å². The summed E-state index contributed by atoms with van der Waals surface area (Å²) in [4.78, 5) is 2.00. The highest BCUT2D eigenvalue weighted by Gasteiger charge is 2.32. The smallest absolute Gasteiger partial charge is 0.140 e. The highest BCUT2D eigenvalue weighted by molar-refractivity contribution is 8.19. The third-order valence-electron chi connectivity index (χ3n) is 5.19. The maximum absolute atomic E-state index is 14.3. The molecule has 0 saturated heterocycles. The van der Waals surface area contributed by atoms with E-state index >= 15 is 0 Å². The minimum absolute atomic E-state index is 0.290. The Balaban J connectivity index is 1.66. The van der Waals surface area contributed by atoms with Crippen LogP contribution in [0.1, 0.15) is 33.1 Å². The SMILES string of the molecule is O=S(C(SC1=CCC(Cl)(Cl)C=C1)c1ccccc1)C(SC1=CCC(Cl)(Cl)C=C1)c1ccccc1. The molecule has 2 aromatic carbocycles. The summed E-state index contributed by atoms with van der Waals surface area (Å²) in [7, 11) is -1.29. The first kappa shape index (κ1) is 26.5. The fourth-order valence-electron chi connectivity index (χ4n) is 3.41. The van der Waals surface area contributed by atoms with Gasteiger partial charge < -0.3 is 0 Å². The molecule has 2 unspecified atom stereocenters. The van der Waals surface area contributed by atoms with Gasteiger partial charge in [-0.3, -0.25) is 4.21 Å². The van der Waals surface area contributed by atoms with Gasteiger partial charge in [0.25, 0.3) is 0 Å². The summed E-state index contributed by atoms with van der Waals surface area (Å²) in [5.41, 5.74) is 2.01. The van der Waals surface area contributed by atoms with Crippen molar-refractivity contribution in [1.82, 2.24) is 0 Å².